The summed E-state index contributed by atoms with van der Waals surface area (Å²) in [5, 5.41) is 0. The number of aromatic nitrogens is 1. The first-order chi connectivity index (χ1) is 13.2. The molecule has 3 heterocycles. The normalized spacial score (nSPS) is 25.6. The zero-order valence-corrected chi connectivity index (χ0v) is 15.7. The maximum atomic E-state index is 13.1. The maximum Gasteiger partial charge on any atom is 0.416 e. The third-order valence-corrected chi connectivity index (χ3v) is 7.32. The highest BCUT2D eigenvalue weighted by molar-refractivity contribution is 7.89. The first-order valence-corrected chi connectivity index (χ1v) is 10.5. The van der Waals surface area contributed by atoms with Gasteiger partial charge in [0.1, 0.15) is 6.10 Å². The fourth-order valence-corrected chi connectivity index (χ4v) is 5.99. The summed E-state index contributed by atoms with van der Waals surface area (Å²) in [5.41, 5.74) is -0.864. The van der Waals surface area contributed by atoms with Crippen molar-refractivity contribution in [2.75, 3.05) is 0 Å². The number of hydrogen-bond donors (Lipinski definition) is 0. The molecule has 2 unspecified atom stereocenters. The second-order valence-corrected chi connectivity index (χ2v) is 8.96. The number of rotatable bonds is 4. The van der Waals surface area contributed by atoms with Gasteiger partial charge in [-0.3, -0.25) is 0 Å². The molecule has 2 atom stereocenters. The van der Waals surface area contributed by atoms with Crippen LogP contribution in [0, 0.1) is 0 Å². The van der Waals surface area contributed by atoms with Crippen molar-refractivity contribution < 1.29 is 26.3 Å². The van der Waals surface area contributed by atoms with Gasteiger partial charge in [-0.1, -0.05) is 6.07 Å². The SMILES string of the molecule is O=S(=O)(c1ccc(C(F)(F)F)cc1)N1C2CCC1CC(Oc1ccccn1)C2. The lowest BCUT2D eigenvalue weighted by Crippen LogP contribution is -2.49. The lowest BCUT2D eigenvalue weighted by Gasteiger charge is -2.37. The van der Waals surface area contributed by atoms with Crippen LogP contribution in [0.1, 0.15) is 31.2 Å². The molecule has 2 bridgehead atoms. The van der Waals surface area contributed by atoms with Crippen LogP contribution in [0.15, 0.2) is 53.6 Å². The molecular weight excluding hydrogens is 393 g/mol. The first-order valence-electron chi connectivity index (χ1n) is 9.03. The number of halogens is 3. The van der Waals surface area contributed by atoms with Gasteiger partial charge < -0.3 is 4.74 Å². The van der Waals surface area contributed by atoms with E-state index in [0.717, 1.165) is 24.3 Å². The van der Waals surface area contributed by atoms with Crippen molar-refractivity contribution in [2.45, 2.75) is 54.9 Å². The van der Waals surface area contributed by atoms with Crippen LogP contribution in [0.3, 0.4) is 0 Å². The van der Waals surface area contributed by atoms with E-state index >= 15 is 0 Å². The highest BCUT2D eigenvalue weighted by Crippen LogP contribution is 2.41. The summed E-state index contributed by atoms with van der Waals surface area (Å²) >= 11 is 0. The molecule has 9 heteroatoms. The van der Waals surface area contributed by atoms with Gasteiger partial charge >= 0.3 is 6.18 Å². The molecule has 2 saturated heterocycles. The van der Waals surface area contributed by atoms with Gasteiger partial charge in [-0.15, -0.1) is 0 Å². The minimum atomic E-state index is -4.50. The number of ether oxygens (including phenoxy) is 1. The largest absolute Gasteiger partial charge is 0.474 e. The average Bonchev–Trinajstić information content (AvgIpc) is 2.94. The Bertz CT molecular complexity index is 919. The van der Waals surface area contributed by atoms with Crippen LogP contribution in [0.5, 0.6) is 5.88 Å². The standard InChI is InChI=1S/C19H19F3N2O3S/c20-19(21,22)13-4-8-17(9-5-13)28(25,26)24-14-6-7-15(24)12-16(11-14)27-18-3-1-2-10-23-18/h1-5,8-10,14-16H,6-7,11-12H2. The zero-order chi connectivity index (χ0) is 19.9. The van der Waals surface area contributed by atoms with Crippen LogP contribution < -0.4 is 4.74 Å². The molecule has 2 aliphatic heterocycles. The number of alkyl halides is 3. The van der Waals surface area contributed by atoms with Crippen LogP contribution >= 0.6 is 0 Å². The van der Waals surface area contributed by atoms with E-state index in [-0.39, 0.29) is 23.1 Å². The second-order valence-electron chi connectivity index (χ2n) is 7.12. The van der Waals surface area contributed by atoms with Crippen molar-refractivity contribution in [1.82, 2.24) is 9.29 Å². The Morgan fingerprint density at radius 2 is 1.64 bits per heavy atom. The number of hydrogen-bond acceptors (Lipinski definition) is 4. The predicted molar refractivity (Wildman–Crippen MR) is 95.2 cm³/mol. The van der Waals surface area contributed by atoms with Crippen LogP contribution in [-0.2, 0) is 16.2 Å². The van der Waals surface area contributed by atoms with Crippen molar-refractivity contribution in [3.8, 4) is 5.88 Å². The molecule has 28 heavy (non-hydrogen) atoms. The van der Waals surface area contributed by atoms with Gasteiger partial charge in [0.25, 0.3) is 0 Å². The Hall–Kier alpha value is -2.13. The summed E-state index contributed by atoms with van der Waals surface area (Å²) < 4.78 is 71.7. The molecule has 1 aromatic heterocycles. The molecule has 0 amide bonds. The van der Waals surface area contributed by atoms with Crippen LogP contribution in [0.4, 0.5) is 13.2 Å². The van der Waals surface area contributed by atoms with Crippen molar-refractivity contribution >= 4 is 10.0 Å². The number of piperidine rings is 1. The third-order valence-electron chi connectivity index (χ3n) is 5.31. The Labute approximate surface area is 161 Å². The number of nitrogens with zero attached hydrogens (tertiary/aromatic N) is 2. The monoisotopic (exact) mass is 412 g/mol. The molecule has 2 aromatic rings. The van der Waals surface area contributed by atoms with Gasteiger partial charge in [0.2, 0.25) is 15.9 Å². The van der Waals surface area contributed by atoms with E-state index in [9.17, 15) is 21.6 Å². The number of sulfonamides is 1. The molecule has 5 nitrogen and oxygen atoms in total. The molecule has 1 aromatic carbocycles. The Kier molecular flexibility index (Phi) is 4.83. The highest BCUT2D eigenvalue weighted by Gasteiger charge is 2.48. The van der Waals surface area contributed by atoms with Gasteiger partial charge in [-0.2, -0.15) is 17.5 Å². The molecule has 0 N–H and O–H groups in total. The van der Waals surface area contributed by atoms with E-state index in [0.29, 0.717) is 31.6 Å². The third kappa shape index (κ3) is 3.60. The average molecular weight is 412 g/mol. The minimum absolute atomic E-state index is 0.110. The van der Waals surface area contributed by atoms with E-state index in [4.69, 9.17) is 4.74 Å². The Morgan fingerprint density at radius 3 is 2.18 bits per heavy atom. The fourth-order valence-electron chi connectivity index (χ4n) is 4.10. The summed E-state index contributed by atoms with van der Waals surface area (Å²) in [6.07, 6.45) is -0.498. The molecule has 0 spiro atoms. The van der Waals surface area contributed by atoms with Gasteiger partial charge in [0, 0.05) is 37.2 Å². The summed E-state index contributed by atoms with van der Waals surface area (Å²) in [6, 6.07) is 8.61. The summed E-state index contributed by atoms with van der Waals surface area (Å²) in [4.78, 5) is 4.03. The van der Waals surface area contributed by atoms with Crippen molar-refractivity contribution in [3.63, 3.8) is 0 Å². The fraction of sp³-hybridized carbons (Fsp3) is 0.421. The molecule has 150 valence electrons. The van der Waals surface area contributed by atoms with E-state index in [1.165, 1.54) is 4.31 Å². The summed E-state index contributed by atoms with van der Waals surface area (Å²) in [7, 11) is -3.86. The van der Waals surface area contributed by atoms with E-state index in [2.05, 4.69) is 4.98 Å². The lowest BCUT2D eigenvalue weighted by molar-refractivity contribution is -0.137. The molecule has 2 aliphatic rings. The predicted octanol–water partition coefficient (Wildman–Crippen LogP) is 3.86. The van der Waals surface area contributed by atoms with Gasteiger partial charge in [-0.05, 0) is 43.2 Å². The van der Waals surface area contributed by atoms with Crippen LogP contribution in [0.2, 0.25) is 0 Å². The Morgan fingerprint density at radius 1 is 1.00 bits per heavy atom. The van der Waals surface area contributed by atoms with E-state index < -0.39 is 21.8 Å². The van der Waals surface area contributed by atoms with Crippen LogP contribution in [-0.4, -0.2) is 35.9 Å². The molecule has 0 aliphatic carbocycles. The quantitative estimate of drug-likeness (QED) is 0.765. The van der Waals surface area contributed by atoms with Gasteiger partial charge in [0.15, 0.2) is 0 Å². The summed E-state index contributed by atoms with van der Waals surface area (Å²) in [5.74, 6) is 0.506. The van der Waals surface area contributed by atoms with Gasteiger partial charge in [-0.25, -0.2) is 13.4 Å². The first kappa shape index (κ1) is 19.2. The van der Waals surface area contributed by atoms with Crippen molar-refractivity contribution in [1.29, 1.82) is 0 Å². The smallest absolute Gasteiger partial charge is 0.416 e. The molecular formula is C19H19F3N2O3S. The zero-order valence-electron chi connectivity index (χ0n) is 14.8. The second kappa shape index (κ2) is 7.04. The number of benzene rings is 1. The van der Waals surface area contributed by atoms with Gasteiger partial charge in [0.05, 0.1) is 10.5 Å². The maximum absolute atomic E-state index is 13.1. The molecule has 0 radical (unpaired) electrons. The van der Waals surface area contributed by atoms with Crippen molar-refractivity contribution in [2.24, 2.45) is 0 Å². The lowest BCUT2D eigenvalue weighted by atomic mass is 10.0. The summed E-state index contributed by atoms with van der Waals surface area (Å²) in [6.45, 7) is 0. The topological polar surface area (TPSA) is 59.5 Å². The van der Waals surface area contributed by atoms with Crippen LogP contribution in [0.25, 0.3) is 0 Å². The molecule has 4 rings (SSSR count). The highest BCUT2D eigenvalue weighted by atomic mass is 32.2. The van der Waals surface area contributed by atoms with E-state index in [1.807, 2.05) is 6.07 Å². The molecule has 0 saturated carbocycles. The van der Waals surface area contributed by atoms with E-state index in [1.54, 1.807) is 18.3 Å². The molecule has 2 fully saturated rings. The number of fused-ring (bicyclic) bond motifs is 2. The minimum Gasteiger partial charge on any atom is -0.474 e. The van der Waals surface area contributed by atoms with Crippen molar-refractivity contribution in [3.05, 3.63) is 54.2 Å². The number of pyridine rings is 1. The Balaban J connectivity index is 1.52.